The molecule has 0 bridgehead atoms. The summed E-state index contributed by atoms with van der Waals surface area (Å²) in [5.74, 6) is 0.595. The van der Waals surface area contributed by atoms with Crippen LogP contribution in [-0.4, -0.2) is 91.2 Å². The highest BCUT2D eigenvalue weighted by Gasteiger charge is 2.34. The van der Waals surface area contributed by atoms with Gasteiger partial charge in [0.15, 0.2) is 14.2 Å². The summed E-state index contributed by atoms with van der Waals surface area (Å²) in [5.41, 5.74) is 0.665. The molecule has 1 aromatic heterocycles. The molecular formula is C17H25N3O5S3. The number of carbonyl (C=O) groups is 2. The van der Waals surface area contributed by atoms with Crippen molar-refractivity contribution in [2.75, 3.05) is 50.0 Å². The number of piperazine rings is 1. The lowest BCUT2D eigenvalue weighted by molar-refractivity contribution is -0.142. The average Bonchev–Trinajstić information content (AvgIpc) is 3.26. The Morgan fingerprint density at radius 3 is 2.71 bits per heavy atom. The molecule has 2 saturated heterocycles. The second-order valence-electron chi connectivity index (χ2n) is 6.85. The van der Waals surface area contributed by atoms with Gasteiger partial charge in [-0.2, -0.15) is 0 Å². The predicted molar refractivity (Wildman–Crippen MR) is 108 cm³/mol. The van der Waals surface area contributed by atoms with Crippen LogP contribution in [0.15, 0.2) is 9.72 Å². The van der Waals surface area contributed by atoms with E-state index in [9.17, 15) is 18.0 Å². The molecule has 2 aliphatic rings. The van der Waals surface area contributed by atoms with Crippen LogP contribution in [0.3, 0.4) is 0 Å². The summed E-state index contributed by atoms with van der Waals surface area (Å²) < 4.78 is 29.0. The Morgan fingerprint density at radius 1 is 1.32 bits per heavy atom. The molecule has 156 valence electrons. The molecule has 28 heavy (non-hydrogen) atoms. The zero-order valence-corrected chi connectivity index (χ0v) is 18.3. The van der Waals surface area contributed by atoms with Crippen LogP contribution in [0.2, 0.25) is 0 Å². The lowest BCUT2D eigenvalue weighted by Crippen LogP contribution is -2.52. The topological polar surface area (TPSA) is 96.9 Å². The minimum atomic E-state index is -2.88. The molecule has 0 saturated carbocycles. The van der Waals surface area contributed by atoms with Crippen LogP contribution in [0.4, 0.5) is 0 Å². The van der Waals surface area contributed by atoms with E-state index < -0.39 is 9.84 Å². The van der Waals surface area contributed by atoms with E-state index in [2.05, 4.69) is 9.88 Å². The van der Waals surface area contributed by atoms with E-state index in [1.807, 2.05) is 10.3 Å². The molecular weight excluding hydrogens is 422 g/mol. The molecule has 0 aromatic carbocycles. The number of carbonyl (C=O) groups excluding carboxylic acids is 2. The molecule has 0 radical (unpaired) electrons. The zero-order chi connectivity index (χ0) is 20.1. The molecule has 1 amide bonds. The van der Waals surface area contributed by atoms with E-state index in [1.54, 1.807) is 6.92 Å². The Hall–Kier alpha value is -1.17. The number of thiazole rings is 1. The van der Waals surface area contributed by atoms with Crippen molar-refractivity contribution in [1.29, 1.82) is 0 Å². The minimum Gasteiger partial charge on any atom is -0.466 e. The standard InChI is InChI=1S/C17H25N3O5S3/c1-2-25-16(22)9-13-10-26-17(18-13)27-11-15(21)20-6-4-19(5-7-20)14-3-8-28(23,24)12-14/h10,14H,2-9,11-12H2,1H3/t14-/m0/s1. The first-order chi connectivity index (χ1) is 13.4. The smallest absolute Gasteiger partial charge is 0.311 e. The summed E-state index contributed by atoms with van der Waals surface area (Å²) in [7, 11) is -2.88. The highest BCUT2D eigenvalue weighted by atomic mass is 32.2. The molecule has 1 aromatic rings. The molecule has 3 rings (SSSR count). The normalized spacial score (nSPS) is 22.3. The summed E-state index contributed by atoms with van der Waals surface area (Å²) in [6, 6.07) is 0.102. The summed E-state index contributed by atoms with van der Waals surface area (Å²) in [6.07, 6.45) is 0.849. The van der Waals surface area contributed by atoms with Gasteiger partial charge in [-0.15, -0.1) is 11.3 Å². The second-order valence-corrected chi connectivity index (χ2v) is 11.2. The van der Waals surface area contributed by atoms with Gasteiger partial charge in [-0.25, -0.2) is 13.4 Å². The van der Waals surface area contributed by atoms with Gasteiger partial charge < -0.3 is 9.64 Å². The van der Waals surface area contributed by atoms with Crippen LogP contribution >= 0.6 is 23.1 Å². The number of thioether (sulfide) groups is 1. The summed E-state index contributed by atoms with van der Waals surface area (Å²) in [4.78, 5) is 32.4. The molecule has 2 aliphatic heterocycles. The van der Waals surface area contributed by atoms with Crippen molar-refractivity contribution in [2.24, 2.45) is 0 Å². The number of esters is 1. The number of aromatic nitrogens is 1. The Kier molecular flexibility index (Phi) is 7.35. The predicted octanol–water partition coefficient (Wildman–Crippen LogP) is 0.672. The highest BCUT2D eigenvalue weighted by Crippen LogP contribution is 2.24. The van der Waals surface area contributed by atoms with E-state index in [1.165, 1.54) is 23.1 Å². The molecule has 0 unspecified atom stereocenters. The molecule has 2 fully saturated rings. The van der Waals surface area contributed by atoms with Gasteiger partial charge in [0.05, 0.1) is 36.0 Å². The van der Waals surface area contributed by atoms with Crippen molar-refractivity contribution < 1.29 is 22.7 Å². The third kappa shape index (κ3) is 5.91. The maximum absolute atomic E-state index is 12.5. The van der Waals surface area contributed by atoms with Crippen LogP contribution in [-0.2, 0) is 30.6 Å². The van der Waals surface area contributed by atoms with Crippen LogP contribution in [0.1, 0.15) is 19.0 Å². The van der Waals surface area contributed by atoms with E-state index in [4.69, 9.17) is 4.74 Å². The van der Waals surface area contributed by atoms with Gasteiger partial charge in [-0.1, -0.05) is 11.8 Å². The fourth-order valence-corrected chi connectivity index (χ4v) is 6.92. The van der Waals surface area contributed by atoms with Crippen LogP contribution in [0.5, 0.6) is 0 Å². The number of rotatable bonds is 7. The average molecular weight is 448 g/mol. The van der Waals surface area contributed by atoms with E-state index in [-0.39, 0.29) is 35.8 Å². The fourth-order valence-electron chi connectivity index (χ4n) is 3.41. The quantitative estimate of drug-likeness (QED) is 0.445. The third-order valence-corrected chi connectivity index (χ3v) is 8.68. The van der Waals surface area contributed by atoms with Gasteiger partial charge in [0.25, 0.3) is 0 Å². The van der Waals surface area contributed by atoms with Crippen molar-refractivity contribution >= 4 is 44.8 Å². The molecule has 1 atom stereocenters. The monoisotopic (exact) mass is 447 g/mol. The van der Waals surface area contributed by atoms with Gasteiger partial charge in [0.2, 0.25) is 5.91 Å². The van der Waals surface area contributed by atoms with Gasteiger partial charge in [0, 0.05) is 37.6 Å². The van der Waals surface area contributed by atoms with Crippen LogP contribution in [0, 0.1) is 0 Å². The van der Waals surface area contributed by atoms with Crippen LogP contribution in [0.25, 0.3) is 0 Å². The van der Waals surface area contributed by atoms with E-state index in [0.717, 1.165) is 17.4 Å². The number of hydrogen-bond acceptors (Lipinski definition) is 9. The summed E-state index contributed by atoms with van der Waals surface area (Å²) >= 11 is 2.80. The Balaban J connectivity index is 1.40. The number of hydrogen-bond donors (Lipinski definition) is 0. The molecule has 0 N–H and O–H groups in total. The van der Waals surface area contributed by atoms with Crippen molar-refractivity contribution in [3.05, 3.63) is 11.1 Å². The molecule has 8 nitrogen and oxygen atoms in total. The fraction of sp³-hybridized carbons (Fsp3) is 0.706. The van der Waals surface area contributed by atoms with Crippen molar-refractivity contribution in [2.45, 2.75) is 30.1 Å². The SMILES string of the molecule is CCOC(=O)Cc1csc(SCC(=O)N2CCN([C@H]3CCS(=O)(=O)C3)CC2)n1. The highest BCUT2D eigenvalue weighted by molar-refractivity contribution is 8.01. The minimum absolute atomic E-state index is 0.0610. The molecule has 3 heterocycles. The number of sulfone groups is 1. The molecule has 0 aliphatic carbocycles. The van der Waals surface area contributed by atoms with Crippen molar-refractivity contribution in [3.63, 3.8) is 0 Å². The number of nitrogens with zero attached hydrogens (tertiary/aromatic N) is 3. The maximum Gasteiger partial charge on any atom is 0.311 e. The van der Waals surface area contributed by atoms with Crippen molar-refractivity contribution in [1.82, 2.24) is 14.8 Å². The maximum atomic E-state index is 12.5. The van der Waals surface area contributed by atoms with E-state index in [0.29, 0.717) is 37.6 Å². The first kappa shape index (κ1) is 21.5. The second kappa shape index (κ2) is 9.55. The first-order valence-electron chi connectivity index (χ1n) is 9.31. The van der Waals surface area contributed by atoms with Gasteiger partial charge in [-0.3, -0.25) is 14.5 Å². The zero-order valence-electron chi connectivity index (χ0n) is 15.8. The third-order valence-electron chi connectivity index (χ3n) is 4.87. The van der Waals surface area contributed by atoms with Gasteiger partial charge in [-0.05, 0) is 13.3 Å². The van der Waals surface area contributed by atoms with E-state index >= 15 is 0 Å². The van der Waals surface area contributed by atoms with Crippen molar-refractivity contribution in [3.8, 4) is 0 Å². The first-order valence-corrected chi connectivity index (χ1v) is 13.0. The lowest BCUT2D eigenvalue weighted by atomic mass is 10.2. The van der Waals surface area contributed by atoms with Gasteiger partial charge in [0.1, 0.15) is 0 Å². The van der Waals surface area contributed by atoms with Crippen LogP contribution < -0.4 is 0 Å². The Morgan fingerprint density at radius 2 is 2.07 bits per heavy atom. The number of ether oxygens (including phenoxy) is 1. The Bertz CT molecular complexity index is 803. The summed E-state index contributed by atoms with van der Waals surface area (Å²) in [6.45, 7) is 4.81. The molecule has 11 heteroatoms. The van der Waals surface area contributed by atoms with Gasteiger partial charge >= 0.3 is 5.97 Å². The summed E-state index contributed by atoms with van der Waals surface area (Å²) in [5, 5.41) is 1.82. The lowest BCUT2D eigenvalue weighted by Gasteiger charge is -2.37. The number of amides is 1. The molecule has 0 spiro atoms. The Labute approximate surface area is 173 Å². The largest absolute Gasteiger partial charge is 0.466 e.